The van der Waals surface area contributed by atoms with Gasteiger partial charge in [-0.05, 0) is 12.0 Å². The standard InChI is InChI=1S/C14H17N3O3S/c1-9(2)11-8-21-14(16-11)17-12(18)3-5-15-13(19)10-4-6-20-7-10/h4,6-9H,3,5H2,1-2H3,(H,15,19)(H,16,17,18). The second kappa shape index (κ2) is 7.03. The molecule has 0 bridgehead atoms. The van der Waals surface area contributed by atoms with Gasteiger partial charge in [-0.1, -0.05) is 13.8 Å². The summed E-state index contributed by atoms with van der Waals surface area (Å²) >= 11 is 1.40. The van der Waals surface area contributed by atoms with Crippen LogP contribution in [0.2, 0.25) is 0 Å². The van der Waals surface area contributed by atoms with Gasteiger partial charge in [-0.2, -0.15) is 0 Å². The Bertz CT molecular complexity index is 605. The van der Waals surface area contributed by atoms with Gasteiger partial charge in [0, 0.05) is 18.3 Å². The van der Waals surface area contributed by atoms with E-state index in [1.54, 1.807) is 6.07 Å². The average Bonchev–Trinajstić information content (AvgIpc) is 3.09. The summed E-state index contributed by atoms with van der Waals surface area (Å²) in [5.74, 6) is -0.0961. The molecule has 0 spiro atoms. The molecule has 7 heteroatoms. The van der Waals surface area contributed by atoms with E-state index in [-0.39, 0.29) is 24.8 Å². The van der Waals surface area contributed by atoms with E-state index < -0.39 is 0 Å². The van der Waals surface area contributed by atoms with E-state index in [0.717, 1.165) is 5.69 Å². The van der Waals surface area contributed by atoms with Crippen LogP contribution in [0.25, 0.3) is 0 Å². The Balaban J connectivity index is 1.73. The first-order valence-electron chi connectivity index (χ1n) is 6.62. The maximum Gasteiger partial charge on any atom is 0.254 e. The second-order valence-corrected chi connectivity index (χ2v) is 5.66. The van der Waals surface area contributed by atoms with Gasteiger partial charge in [0.25, 0.3) is 5.91 Å². The Labute approximate surface area is 126 Å². The molecular weight excluding hydrogens is 290 g/mol. The Morgan fingerprint density at radius 2 is 2.24 bits per heavy atom. The molecule has 0 aliphatic carbocycles. The van der Waals surface area contributed by atoms with Gasteiger partial charge in [-0.3, -0.25) is 9.59 Å². The molecule has 2 N–H and O–H groups in total. The van der Waals surface area contributed by atoms with E-state index in [2.05, 4.69) is 15.6 Å². The van der Waals surface area contributed by atoms with Gasteiger partial charge in [0.2, 0.25) is 5.91 Å². The van der Waals surface area contributed by atoms with Crippen LogP contribution in [0.4, 0.5) is 5.13 Å². The molecule has 0 atom stereocenters. The van der Waals surface area contributed by atoms with E-state index in [1.165, 1.54) is 23.9 Å². The SMILES string of the molecule is CC(C)c1csc(NC(=O)CCNC(=O)c2ccoc2)n1. The monoisotopic (exact) mass is 307 g/mol. The number of carbonyl (C=O) groups is 2. The topological polar surface area (TPSA) is 84.2 Å². The number of thiazole rings is 1. The van der Waals surface area contributed by atoms with Crippen LogP contribution >= 0.6 is 11.3 Å². The number of nitrogens with zero attached hydrogens (tertiary/aromatic N) is 1. The van der Waals surface area contributed by atoms with E-state index >= 15 is 0 Å². The number of carbonyl (C=O) groups excluding carboxylic acids is 2. The van der Waals surface area contributed by atoms with Gasteiger partial charge >= 0.3 is 0 Å². The van der Waals surface area contributed by atoms with Crippen molar-refractivity contribution in [1.29, 1.82) is 0 Å². The molecule has 0 aromatic carbocycles. The third-order valence-corrected chi connectivity index (χ3v) is 3.56. The highest BCUT2D eigenvalue weighted by atomic mass is 32.1. The number of hydrogen-bond acceptors (Lipinski definition) is 5. The van der Waals surface area contributed by atoms with Crippen LogP contribution < -0.4 is 10.6 Å². The molecule has 2 aromatic heterocycles. The fraction of sp³-hybridized carbons (Fsp3) is 0.357. The van der Waals surface area contributed by atoms with Gasteiger partial charge in [-0.15, -0.1) is 11.3 Å². The van der Waals surface area contributed by atoms with Crippen LogP contribution in [-0.4, -0.2) is 23.3 Å². The minimum atomic E-state index is -0.257. The van der Waals surface area contributed by atoms with Crippen molar-refractivity contribution in [3.8, 4) is 0 Å². The van der Waals surface area contributed by atoms with Crippen molar-refractivity contribution in [2.75, 3.05) is 11.9 Å². The Hall–Kier alpha value is -2.15. The Morgan fingerprint density at radius 3 is 2.86 bits per heavy atom. The summed E-state index contributed by atoms with van der Waals surface area (Å²) < 4.78 is 4.82. The predicted octanol–water partition coefficient (Wildman–Crippen LogP) is 2.62. The van der Waals surface area contributed by atoms with Gasteiger partial charge in [0.15, 0.2) is 5.13 Å². The van der Waals surface area contributed by atoms with Gasteiger partial charge in [-0.25, -0.2) is 4.98 Å². The van der Waals surface area contributed by atoms with Crippen LogP contribution in [0.15, 0.2) is 28.4 Å². The molecular formula is C14H17N3O3S. The van der Waals surface area contributed by atoms with Crippen LogP contribution in [-0.2, 0) is 4.79 Å². The molecule has 0 aliphatic rings. The smallest absolute Gasteiger partial charge is 0.254 e. The number of furan rings is 1. The number of hydrogen-bond donors (Lipinski definition) is 2. The molecule has 2 amide bonds. The summed E-state index contributed by atoms with van der Waals surface area (Å²) in [6, 6.07) is 1.57. The summed E-state index contributed by atoms with van der Waals surface area (Å²) in [6.07, 6.45) is 2.98. The molecule has 2 aromatic rings. The van der Waals surface area contributed by atoms with E-state index in [0.29, 0.717) is 16.6 Å². The number of rotatable bonds is 6. The molecule has 6 nitrogen and oxygen atoms in total. The van der Waals surface area contributed by atoms with Crippen LogP contribution in [0.1, 0.15) is 42.2 Å². The molecule has 112 valence electrons. The third-order valence-electron chi connectivity index (χ3n) is 2.78. The zero-order valence-electron chi connectivity index (χ0n) is 11.9. The second-order valence-electron chi connectivity index (χ2n) is 4.80. The summed E-state index contributed by atoms with van der Waals surface area (Å²) in [5, 5.41) is 7.89. The zero-order valence-corrected chi connectivity index (χ0v) is 12.7. The van der Waals surface area contributed by atoms with Crippen LogP contribution in [0.3, 0.4) is 0 Å². The summed E-state index contributed by atoms with van der Waals surface area (Å²) in [5.41, 5.74) is 1.40. The molecule has 0 fully saturated rings. The average molecular weight is 307 g/mol. The largest absolute Gasteiger partial charge is 0.472 e. The number of anilines is 1. The van der Waals surface area contributed by atoms with Gasteiger partial charge < -0.3 is 15.1 Å². The Morgan fingerprint density at radius 1 is 1.43 bits per heavy atom. The van der Waals surface area contributed by atoms with E-state index in [9.17, 15) is 9.59 Å². The first-order valence-corrected chi connectivity index (χ1v) is 7.50. The Kier molecular flexibility index (Phi) is 5.10. The van der Waals surface area contributed by atoms with Crippen molar-refractivity contribution in [2.45, 2.75) is 26.2 Å². The van der Waals surface area contributed by atoms with E-state index in [4.69, 9.17) is 4.42 Å². The van der Waals surface area contributed by atoms with Crippen molar-refractivity contribution < 1.29 is 14.0 Å². The molecule has 2 rings (SSSR count). The fourth-order valence-electron chi connectivity index (χ4n) is 1.58. The molecule has 21 heavy (non-hydrogen) atoms. The zero-order chi connectivity index (χ0) is 15.2. The molecule has 0 saturated heterocycles. The summed E-state index contributed by atoms with van der Waals surface area (Å²) in [6.45, 7) is 4.36. The van der Waals surface area contributed by atoms with Crippen molar-refractivity contribution in [2.24, 2.45) is 0 Å². The first kappa shape index (κ1) is 15.2. The van der Waals surface area contributed by atoms with Crippen molar-refractivity contribution in [1.82, 2.24) is 10.3 Å². The van der Waals surface area contributed by atoms with Crippen molar-refractivity contribution in [3.05, 3.63) is 35.2 Å². The van der Waals surface area contributed by atoms with Gasteiger partial charge in [0.1, 0.15) is 6.26 Å². The highest BCUT2D eigenvalue weighted by molar-refractivity contribution is 7.13. The van der Waals surface area contributed by atoms with Crippen LogP contribution in [0, 0.1) is 0 Å². The molecule has 0 unspecified atom stereocenters. The fourth-order valence-corrected chi connectivity index (χ4v) is 2.46. The lowest BCUT2D eigenvalue weighted by atomic mass is 10.2. The minimum Gasteiger partial charge on any atom is -0.472 e. The van der Waals surface area contributed by atoms with E-state index in [1.807, 2.05) is 19.2 Å². The van der Waals surface area contributed by atoms with Crippen molar-refractivity contribution in [3.63, 3.8) is 0 Å². The third kappa shape index (κ3) is 4.42. The quantitative estimate of drug-likeness (QED) is 0.859. The summed E-state index contributed by atoms with van der Waals surface area (Å²) in [4.78, 5) is 27.7. The number of amides is 2. The number of nitrogens with one attached hydrogen (secondary N) is 2. The minimum absolute atomic E-state index is 0.174. The normalized spacial score (nSPS) is 10.6. The highest BCUT2D eigenvalue weighted by Gasteiger charge is 2.10. The maximum absolute atomic E-state index is 11.7. The lowest BCUT2D eigenvalue weighted by molar-refractivity contribution is -0.116. The molecule has 0 radical (unpaired) electrons. The highest BCUT2D eigenvalue weighted by Crippen LogP contribution is 2.21. The summed E-state index contributed by atoms with van der Waals surface area (Å²) in [7, 11) is 0. The number of aromatic nitrogens is 1. The maximum atomic E-state index is 11.7. The lowest BCUT2D eigenvalue weighted by Gasteiger charge is -2.04. The molecule has 2 heterocycles. The molecule has 0 saturated carbocycles. The first-order chi connectivity index (χ1) is 10.1. The van der Waals surface area contributed by atoms with Gasteiger partial charge in [0.05, 0.1) is 17.5 Å². The van der Waals surface area contributed by atoms with Crippen molar-refractivity contribution >= 4 is 28.3 Å². The predicted molar refractivity (Wildman–Crippen MR) is 80.5 cm³/mol. The molecule has 0 aliphatic heterocycles. The van der Waals surface area contributed by atoms with Crippen LogP contribution in [0.5, 0.6) is 0 Å². The lowest BCUT2D eigenvalue weighted by Crippen LogP contribution is -2.27.